The molecule has 4 amide bonds. The van der Waals surface area contributed by atoms with Crippen molar-refractivity contribution >= 4 is 57.9 Å². The van der Waals surface area contributed by atoms with Crippen LogP contribution in [0.15, 0.2) is 42.0 Å². The second-order valence-corrected chi connectivity index (χ2v) is 7.78. The number of methoxy groups -OCH3 is 1. The maximum atomic E-state index is 13.0. The Morgan fingerprint density at radius 2 is 1.97 bits per heavy atom. The van der Waals surface area contributed by atoms with Crippen molar-refractivity contribution in [2.24, 2.45) is 0 Å². The standard InChI is InChI=1S/C21H18IN3O7/c1-3-7-32-18-16(22)9-12(10-17(18)31-2)8-15-19(26)23-21(28)24(20(15)27)13-5-4-6-14(11-13)25(29)30/h4-6,8-11H,3,7H2,1-2H3,(H,23,26,28)/b15-8+. The highest BCUT2D eigenvalue weighted by Crippen LogP contribution is 2.35. The Kier molecular flexibility index (Phi) is 7.08. The van der Waals surface area contributed by atoms with Crippen molar-refractivity contribution in [1.29, 1.82) is 0 Å². The average Bonchev–Trinajstić information content (AvgIpc) is 2.75. The Bertz CT molecular complexity index is 1150. The van der Waals surface area contributed by atoms with E-state index in [4.69, 9.17) is 9.47 Å². The second kappa shape index (κ2) is 9.77. The van der Waals surface area contributed by atoms with Crippen LogP contribution < -0.4 is 19.7 Å². The lowest BCUT2D eigenvalue weighted by atomic mass is 10.1. The summed E-state index contributed by atoms with van der Waals surface area (Å²) in [5, 5.41) is 13.1. The molecule has 0 aromatic heterocycles. The minimum Gasteiger partial charge on any atom is -0.493 e. The molecule has 1 saturated heterocycles. The number of amides is 4. The van der Waals surface area contributed by atoms with E-state index >= 15 is 0 Å². The molecule has 0 unspecified atom stereocenters. The largest absolute Gasteiger partial charge is 0.493 e. The molecule has 1 heterocycles. The van der Waals surface area contributed by atoms with E-state index in [2.05, 4.69) is 27.9 Å². The molecule has 0 bridgehead atoms. The number of nitrogens with one attached hydrogen (secondary N) is 1. The summed E-state index contributed by atoms with van der Waals surface area (Å²) in [5.41, 5.74) is -0.166. The zero-order valence-electron chi connectivity index (χ0n) is 17.1. The zero-order valence-corrected chi connectivity index (χ0v) is 19.2. The minimum absolute atomic E-state index is 0.0319. The van der Waals surface area contributed by atoms with Crippen molar-refractivity contribution in [3.8, 4) is 11.5 Å². The molecule has 1 fully saturated rings. The van der Waals surface area contributed by atoms with Crippen LogP contribution in [-0.2, 0) is 9.59 Å². The lowest BCUT2D eigenvalue weighted by Gasteiger charge is -2.26. The Hall–Kier alpha value is -3.48. The van der Waals surface area contributed by atoms with Crippen LogP contribution in [-0.4, -0.2) is 36.5 Å². The van der Waals surface area contributed by atoms with Gasteiger partial charge in [-0.25, -0.2) is 9.69 Å². The predicted octanol–water partition coefficient (Wildman–Crippen LogP) is 3.66. The lowest BCUT2D eigenvalue weighted by molar-refractivity contribution is -0.384. The van der Waals surface area contributed by atoms with Gasteiger partial charge in [0.05, 0.1) is 27.9 Å². The third-order valence-corrected chi connectivity index (χ3v) is 5.22. The lowest BCUT2D eigenvalue weighted by Crippen LogP contribution is -2.54. The van der Waals surface area contributed by atoms with Gasteiger partial charge in [0.2, 0.25) is 0 Å². The first-order chi connectivity index (χ1) is 15.3. The van der Waals surface area contributed by atoms with E-state index in [0.717, 1.165) is 12.5 Å². The summed E-state index contributed by atoms with van der Waals surface area (Å²) >= 11 is 2.06. The number of imide groups is 2. The smallest absolute Gasteiger partial charge is 0.335 e. The maximum Gasteiger partial charge on any atom is 0.335 e. The number of benzene rings is 2. The summed E-state index contributed by atoms with van der Waals surface area (Å²) in [6.45, 7) is 2.47. The number of carbonyl (C=O) groups excluding carboxylic acids is 3. The number of non-ortho nitro benzene ring substituents is 1. The summed E-state index contributed by atoms with van der Waals surface area (Å²) in [5.74, 6) is -0.807. The highest BCUT2D eigenvalue weighted by atomic mass is 127. The highest BCUT2D eigenvalue weighted by Gasteiger charge is 2.37. The van der Waals surface area contributed by atoms with Crippen LogP contribution in [0, 0.1) is 13.7 Å². The first-order valence-corrected chi connectivity index (χ1v) is 10.5. The van der Waals surface area contributed by atoms with Crippen LogP contribution in [0.5, 0.6) is 11.5 Å². The van der Waals surface area contributed by atoms with Gasteiger partial charge in [0.1, 0.15) is 5.57 Å². The molecule has 0 radical (unpaired) electrons. The number of urea groups is 1. The molecule has 1 aliphatic heterocycles. The van der Waals surface area contributed by atoms with E-state index in [1.54, 1.807) is 12.1 Å². The Morgan fingerprint density at radius 3 is 2.62 bits per heavy atom. The molecule has 166 valence electrons. The molecule has 2 aromatic carbocycles. The predicted molar refractivity (Wildman–Crippen MR) is 124 cm³/mol. The number of hydrogen-bond acceptors (Lipinski definition) is 7. The summed E-state index contributed by atoms with van der Waals surface area (Å²) in [6.07, 6.45) is 2.13. The normalized spacial score (nSPS) is 15.0. The number of barbiturate groups is 1. The molecule has 11 heteroatoms. The van der Waals surface area contributed by atoms with Crippen LogP contribution in [0.25, 0.3) is 6.08 Å². The van der Waals surface area contributed by atoms with E-state index in [-0.39, 0.29) is 16.9 Å². The topological polar surface area (TPSA) is 128 Å². The monoisotopic (exact) mass is 551 g/mol. The van der Waals surface area contributed by atoms with Gasteiger partial charge in [0.25, 0.3) is 17.5 Å². The van der Waals surface area contributed by atoms with E-state index < -0.39 is 22.8 Å². The molecule has 10 nitrogen and oxygen atoms in total. The number of nitrogens with zero attached hydrogens (tertiary/aromatic N) is 2. The third-order valence-electron chi connectivity index (χ3n) is 4.41. The summed E-state index contributed by atoms with van der Waals surface area (Å²) in [7, 11) is 1.47. The molecule has 0 spiro atoms. The molecule has 3 rings (SSSR count). The van der Waals surface area contributed by atoms with Gasteiger partial charge in [0, 0.05) is 12.1 Å². The summed E-state index contributed by atoms with van der Waals surface area (Å²) in [4.78, 5) is 48.9. The molecule has 1 aliphatic rings. The van der Waals surface area contributed by atoms with Gasteiger partial charge in [-0.1, -0.05) is 13.0 Å². The van der Waals surface area contributed by atoms with Crippen molar-refractivity contribution < 1.29 is 28.8 Å². The van der Waals surface area contributed by atoms with Gasteiger partial charge in [-0.3, -0.25) is 25.0 Å². The summed E-state index contributed by atoms with van der Waals surface area (Å²) in [6, 6.07) is 7.34. The van der Waals surface area contributed by atoms with Crippen LogP contribution in [0.1, 0.15) is 18.9 Å². The summed E-state index contributed by atoms with van der Waals surface area (Å²) < 4.78 is 11.8. The van der Waals surface area contributed by atoms with Crippen molar-refractivity contribution in [3.63, 3.8) is 0 Å². The number of hydrogen-bond donors (Lipinski definition) is 1. The van der Waals surface area contributed by atoms with E-state index in [1.807, 2.05) is 6.92 Å². The fourth-order valence-corrected chi connectivity index (χ4v) is 3.75. The van der Waals surface area contributed by atoms with Gasteiger partial charge in [0.15, 0.2) is 11.5 Å². The van der Waals surface area contributed by atoms with Crippen LogP contribution >= 0.6 is 22.6 Å². The van der Waals surface area contributed by atoms with Crippen LogP contribution in [0.4, 0.5) is 16.2 Å². The van der Waals surface area contributed by atoms with Gasteiger partial charge in [-0.05, 0) is 58.9 Å². The Labute approximate surface area is 196 Å². The number of ether oxygens (including phenoxy) is 2. The van der Waals surface area contributed by atoms with Crippen LogP contribution in [0.2, 0.25) is 0 Å². The fraction of sp³-hybridized carbons (Fsp3) is 0.190. The molecule has 0 atom stereocenters. The maximum absolute atomic E-state index is 13.0. The molecule has 32 heavy (non-hydrogen) atoms. The number of rotatable bonds is 7. The molecular formula is C21H18IN3O7. The van der Waals surface area contributed by atoms with Crippen molar-refractivity contribution in [2.45, 2.75) is 13.3 Å². The van der Waals surface area contributed by atoms with Gasteiger partial charge < -0.3 is 9.47 Å². The van der Waals surface area contributed by atoms with E-state index in [0.29, 0.717) is 32.1 Å². The minimum atomic E-state index is -0.992. The Balaban J connectivity index is 2.02. The molecule has 2 aromatic rings. The first kappa shape index (κ1) is 23.2. The SMILES string of the molecule is CCCOc1c(I)cc(/C=C2\C(=O)NC(=O)N(c3cccc([N+](=O)[O-])c3)C2=O)cc1OC. The second-order valence-electron chi connectivity index (χ2n) is 6.62. The van der Waals surface area contributed by atoms with Crippen molar-refractivity contribution in [1.82, 2.24) is 5.32 Å². The average molecular weight is 551 g/mol. The van der Waals surface area contributed by atoms with E-state index in [9.17, 15) is 24.5 Å². The van der Waals surface area contributed by atoms with Gasteiger partial charge in [-0.15, -0.1) is 0 Å². The fourth-order valence-electron chi connectivity index (χ4n) is 2.97. The van der Waals surface area contributed by atoms with E-state index in [1.165, 1.54) is 31.4 Å². The number of nitro groups is 1. The first-order valence-electron chi connectivity index (χ1n) is 9.43. The molecule has 0 saturated carbocycles. The zero-order chi connectivity index (χ0) is 23.4. The third kappa shape index (κ3) is 4.72. The number of anilines is 1. The van der Waals surface area contributed by atoms with Crippen molar-refractivity contribution in [2.75, 3.05) is 18.6 Å². The number of halogens is 1. The van der Waals surface area contributed by atoms with Crippen molar-refractivity contribution in [3.05, 3.63) is 61.2 Å². The van der Waals surface area contributed by atoms with Gasteiger partial charge in [-0.2, -0.15) is 0 Å². The molecular weight excluding hydrogens is 533 g/mol. The van der Waals surface area contributed by atoms with Crippen LogP contribution in [0.3, 0.4) is 0 Å². The molecule has 1 N–H and O–H groups in total. The highest BCUT2D eigenvalue weighted by molar-refractivity contribution is 14.1. The number of carbonyl (C=O) groups is 3. The number of nitro benzene ring substituents is 1. The van der Waals surface area contributed by atoms with Gasteiger partial charge >= 0.3 is 6.03 Å². The molecule has 0 aliphatic carbocycles. The Morgan fingerprint density at radius 1 is 1.22 bits per heavy atom. The quantitative estimate of drug-likeness (QED) is 0.183.